The second-order valence-electron chi connectivity index (χ2n) is 6.89. The van der Waals surface area contributed by atoms with E-state index in [1.54, 1.807) is 6.07 Å². The van der Waals surface area contributed by atoms with E-state index in [1.807, 2.05) is 66.7 Å². The van der Waals surface area contributed by atoms with Gasteiger partial charge >= 0.3 is 0 Å². The molecule has 0 saturated heterocycles. The molecule has 1 aliphatic carbocycles. The predicted molar refractivity (Wildman–Crippen MR) is 107 cm³/mol. The average Bonchev–Trinajstić information content (AvgIpc) is 2.98. The second kappa shape index (κ2) is 7.29. The van der Waals surface area contributed by atoms with Crippen molar-refractivity contribution in [3.8, 4) is 11.1 Å². The molecule has 0 spiro atoms. The standard InChI is InChI=1S/C24H21NO2/c25-15-5-6-16-11-13-18(14-12-16)21-23(26)20-10-4-9-19(22(20)24(21)27)17-7-2-1-3-8-17/h1-4,7-14,21H,5-6,15,25H2. The number of benzene rings is 3. The van der Waals surface area contributed by atoms with Crippen molar-refractivity contribution in [3.63, 3.8) is 0 Å². The van der Waals surface area contributed by atoms with Crippen molar-refractivity contribution in [3.05, 3.63) is 95.1 Å². The highest BCUT2D eigenvalue weighted by Gasteiger charge is 2.41. The van der Waals surface area contributed by atoms with Crippen LogP contribution in [0.3, 0.4) is 0 Å². The minimum absolute atomic E-state index is 0.107. The lowest BCUT2D eigenvalue weighted by atomic mass is 9.92. The van der Waals surface area contributed by atoms with Crippen molar-refractivity contribution < 1.29 is 9.59 Å². The molecular formula is C24H21NO2. The molecule has 134 valence electrons. The number of fused-ring (bicyclic) bond motifs is 1. The Morgan fingerprint density at radius 3 is 2.15 bits per heavy atom. The Balaban J connectivity index is 1.72. The van der Waals surface area contributed by atoms with Gasteiger partial charge in [-0.15, -0.1) is 0 Å². The molecule has 1 unspecified atom stereocenters. The fraction of sp³-hybridized carbons (Fsp3) is 0.167. The van der Waals surface area contributed by atoms with E-state index in [4.69, 9.17) is 5.73 Å². The summed E-state index contributed by atoms with van der Waals surface area (Å²) in [6, 6.07) is 23.1. The number of carbonyl (C=O) groups excluding carboxylic acids is 2. The van der Waals surface area contributed by atoms with Gasteiger partial charge in [-0.3, -0.25) is 9.59 Å². The van der Waals surface area contributed by atoms with Crippen molar-refractivity contribution in [1.82, 2.24) is 0 Å². The third-order valence-corrected chi connectivity index (χ3v) is 5.17. The van der Waals surface area contributed by atoms with Crippen molar-refractivity contribution in [2.24, 2.45) is 5.73 Å². The topological polar surface area (TPSA) is 60.2 Å². The highest BCUT2D eigenvalue weighted by molar-refractivity contribution is 6.31. The Bertz CT molecular complexity index is 991. The van der Waals surface area contributed by atoms with E-state index in [1.165, 1.54) is 5.56 Å². The first-order chi connectivity index (χ1) is 13.2. The van der Waals surface area contributed by atoms with E-state index in [0.29, 0.717) is 17.7 Å². The minimum atomic E-state index is -0.742. The van der Waals surface area contributed by atoms with Gasteiger partial charge in [-0.1, -0.05) is 72.8 Å². The number of hydrogen-bond acceptors (Lipinski definition) is 3. The summed E-state index contributed by atoms with van der Waals surface area (Å²) in [5, 5.41) is 0. The van der Waals surface area contributed by atoms with Gasteiger partial charge in [0.05, 0.1) is 0 Å². The normalized spacial score (nSPS) is 15.8. The molecule has 2 N–H and O–H groups in total. The van der Waals surface area contributed by atoms with Gasteiger partial charge in [-0.2, -0.15) is 0 Å². The molecule has 3 aromatic rings. The van der Waals surface area contributed by atoms with Crippen LogP contribution in [0.4, 0.5) is 0 Å². The molecule has 4 rings (SSSR count). The fourth-order valence-electron chi connectivity index (χ4n) is 3.79. The van der Waals surface area contributed by atoms with Crippen LogP contribution in [0.2, 0.25) is 0 Å². The number of Topliss-reactive ketones (excluding diaryl/α,β-unsaturated/α-hetero) is 2. The van der Waals surface area contributed by atoms with Gasteiger partial charge in [0, 0.05) is 11.1 Å². The average molecular weight is 355 g/mol. The highest BCUT2D eigenvalue weighted by Crippen LogP contribution is 2.39. The first kappa shape index (κ1) is 17.4. The van der Waals surface area contributed by atoms with E-state index >= 15 is 0 Å². The van der Waals surface area contributed by atoms with E-state index in [2.05, 4.69) is 0 Å². The molecule has 3 heteroatoms. The largest absolute Gasteiger partial charge is 0.330 e. The van der Waals surface area contributed by atoms with Crippen LogP contribution in [0.25, 0.3) is 11.1 Å². The summed E-state index contributed by atoms with van der Waals surface area (Å²) in [7, 11) is 0. The van der Waals surface area contributed by atoms with Gasteiger partial charge in [0.15, 0.2) is 11.6 Å². The number of ketones is 2. The molecule has 0 radical (unpaired) electrons. The van der Waals surface area contributed by atoms with Crippen LogP contribution in [0.15, 0.2) is 72.8 Å². The highest BCUT2D eigenvalue weighted by atomic mass is 16.2. The summed E-state index contributed by atoms with van der Waals surface area (Å²) in [6.45, 7) is 0.652. The fourth-order valence-corrected chi connectivity index (χ4v) is 3.79. The lowest BCUT2D eigenvalue weighted by molar-refractivity contribution is 0.0890. The number of nitrogens with two attached hydrogens (primary N) is 1. The van der Waals surface area contributed by atoms with Crippen LogP contribution < -0.4 is 5.73 Å². The SMILES string of the molecule is NCCCc1ccc(C2C(=O)c3cccc(-c4ccccc4)c3C2=O)cc1. The van der Waals surface area contributed by atoms with Crippen LogP contribution in [-0.4, -0.2) is 18.1 Å². The quantitative estimate of drug-likeness (QED) is 0.690. The molecule has 0 amide bonds. The zero-order valence-electron chi connectivity index (χ0n) is 15.0. The summed E-state index contributed by atoms with van der Waals surface area (Å²) in [5.74, 6) is -0.958. The van der Waals surface area contributed by atoms with Crippen molar-refractivity contribution >= 4 is 11.6 Å². The number of aryl methyl sites for hydroxylation is 1. The first-order valence-corrected chi connectivity index (χ1v) is 9.26. The van der Waals surface area contributed by atoms with Crippen molar-refractivity contribution in [2.45, 2.75) is 18.8 Å². The van der Waals surface area contributed by atoms with E-state index < -0.39 is 5.92 Å². The molecule has 0 bridgehead atoms. The molecule has 0 aliphatic heterocycles. The van der Waals surface area contributed by atoms with Crippen LogP contribution in [-0.2, 0) is 6.42 Å². The summed E-state index contributed by atoms with van der Waals surface area (Å²) in [4.78, 5) is 26.2. The van der Waals surface area contributed by atoms with Gasteiger partial charge in [-0.05, 0) is 41.6 Å². The maximum Gasteiger partial charge on any atom is 0.179 e. The number of rotatable bonds is 5. The third kappa shape index (κ3) is 3.11. The van der Waals surface area contributed by atoms with E-state index in [0.717, 1.165) is 29.5 Å². The summed E-state index contributed by atoms with van der Waals surface area (Å²) in [6.07, 6.45) is 1.83. The summed E-state index contributed by atoms with van der Waals surface area (Å²) < 4.78 is 0. The molecule has 0 aromatic heterocycles. The minimum Gasteiger partial charge on any atom is -0.330 e. The lowest BCUT2D eigenvalue weighted by Gasteiger charge is -2.09. The molecule has 3 aromatic carbocycles. The van der Waals surface area contributed by atoms with E-state index in [-0.39, 0.29) is 11.6 Å². The number of carbonyl (C=O) groups is 2. The van der Waals surface area contributed by atoms with Crippen molar-refractivity contribution in [1.29, 1.82) is 0 Å². The Morgan fingerprint density at radius 1 is 0.741 bits per heavy atom. The van der Waals surface area contributed by atoms with Crippen LogP contribution in [0.1, 0.15) is 44.2 Å². The van der Waals surface area contributed by atoms with Gasteiger partial charge in [-0.25, -0.2) is 0 Å². The Hall–Kier alpha value is -3.04. The molecule has 1 atom stereocenters. The van der Waals surface area contributed by atoms with Gasteiger partial charge in [0.25, 0.3) is 0 Å². The number of hydrogen-bond donors (Lipinski definition) is 1. The van der Waals surface area contributed by atoms with Crippen LogP contribution in [0.5, 0.6) is 0 Å². The van der Waals surface area contributed by atoms with E-state index in [9.17, 15) is 9.59 Å². The molecular weight excluding hydrogens is 334 g/mol. The monoisotopic (exact) mass is 355 g/mol. The maximum absolute atomic E-state index is 13.2. The molecule has 1 aliphatic rings. The Kier molecular flexibility index (Phi) is 4.69. The molecule has 27 heavy (non-hydrogen) atoms. The lowest BCUT2D eigenvalue weighted by Crippen LogP contribution is -2.13. The summed E-state index contributed by atoms with van der Waals surface area (Å²) in [5.41, 5.74) is 10.3. The molecule has 3 nitrogen and oxygen atoms in total. The first-order valence-electron chi connectivity index (χ1n) is 9.26. The zero-order chi connectivity index (χ0) is 18.8. The van der Waals surface area contributed by atoms with Crippen LogP contribution in [0, 0.1) is 0 Å². The maximum atomic E-state index is 13.2. The Morgan fingerprint density at radius 2 is 1.44 bits per heavy atom. The summed E-state index contributed by atoms with van der Waals surface area (Å²) >= 11 is 0. The van der Waals surface area contributed by atoms with Crippen molar-refractivity contribution in [2.75, 3.05) is 6.54 Å². The van der Waals surface area contributed by atoms with Gasteiger partial charge < -0.3 is 5.73 Å². The third-order valence-electron chi connectivity index (χ3n) is 5.17. The Labute approximate surface area is 158 Å². The van der Waals surface area contributed by atoms with Gasteiger partial charge in [0.1, 0.15) is 5.92 Å². The zero-order valence-corrected chi connectivity index (χ0v) is 15.0. The van der Waals surface area contributed by atoms with Crippen LogP contribution >= 0.6 is 0 Å². The van der Waals surface area contributed by atoms with Gasteiger partial charge in [0.2, 0.25) is 0 Å². The smallest absolute Gasteiger partial charge is 0.179 e. The predicted octanol–water partition coefficient (Wildman–Crippen LogP) is 4.41. The molecule has 0 heterocycles. The molecule has 0 fully saturated rings. The second-order valence-corrected chi connectivity index (χ2v) is 6.89. The molecule has 0 saturated carbocycles.